The van der Waals surface area contributed by atoms with E-state index in [1.165, 1.54) is 4.90 Å². The van der Waals surface area contributed by atoms with Crippen LogP contribution in [0.3, 0.4) is 0 Å². The van der Waals surface area contributed by atoms with E-state index in [-0.39, 0.29) is 45.8 Å². The number of quaternary nitrogens is 1. The highest BCUT2D eigenvalue weighted by Gasteiger charge is 2.35. The van der Waals surface area contributed by atoms with Gasteiger partial charge < -0.3 is 40.4 Å². The molecule has 0 saturated heterocycles. The van der Waals surface area contributed by atoms with E-state index in [0.29, 0.717) is 0 Å². The van der Waals surface area contributed by atoms with Crippen molar-refractivity contribution >= 4 is 35.8 Å². The topological polar surface area (TPSA) is 242 Å². The molecule has 0 aliphatic rings. The summed E-state index contributed by atoms with van der Waals surface area (Å²) in [5, 5.41) is 57.1. The Balaban J connectivity index is 5.58. The molecule has 34 heavy (non-hydrogen) atoms. The third-order valence-electron chi connectivity index (χ3n) is 4.68. The molecule has 16 nitrogen and oxygen atoms in total. The zero-order chi connectivity index (χ0) is 26.3. The van der Waals surface area contributed by atoms with Crippen molar-refractivity contribution in [3.63, 3.8) is 0 Å². The molecule has 0 fully saturated rings. The van der Waals surface area contributed by atoms with Gasteiger partial charge in [-0.15, -0.1) is 0 Å². The maximum absolute atomic E-state index is 11.5. The number of hydrogen-bond donors (Lipinski definition) is 7. The van der Waals surface area contributed by atoms with E-state index in [9.17, 15) is 39.0 Å². The summed E-state index contributed by atoms with van der Waals surface area (Å²) in [6, 6.07) is 0. The van der Waals surface area contributed by atoms with Gasteiger partial charge in [-0.2, -0.15) is 0 Å². The Kier molecular flexibility index (Phi) is 14.0. The second-order valence-corrected chi connectivity index (χ2v) is 7.63. The molecule has 0 aliphatic carbocycles. The van der Waals surface area contributed by atoms with Gasteiger partial charge in [0.15, 0.2) is 13.1 Å². The standard InChI is InChI=1S/C18H30N4O12/c23-13(24)7-19-1-2-20(8-14(25)26)3-5-22(11-17(31)32,12-18(33)34)6-4-21(9-15(27)28)10-16(29)30/h19H,1-12H2,(H5-,23,24,25,26,27,28,29,30,31,32,33,34)/p+1. The highest BCUT2D eigenvalue weighted by molar-refractivity contribution is 5.73. The van der Waals surface area contributed by atoms with Crippen LogP contribution in [0.2, 0.25) is 0 Å². The Hall–Kier alpha value is -3.34. The molecule has 0 amide bonds. The van der Waals surface area contributed by atoms with Crippen LogP contribution in [0.5, 0.6) is 0 Å². The molecule has 194 valence electrons. The van der Waals surface area contributed by atoms with E-state index >= 15 is 0 Å². The fraction of sp³-hybridized carbons (Fsp3) is 0.667. The van der Waals surface area contributed by atoms with Crippen molar-refractivity contribution in [3.8, 4) is 0 Å². The first kappa shape index (κ1) is 30.7. The first-order valence-electron chi connectivity index (χ1n) is 10.1. The molecule has 0 heterocycles. The molecule has 0 radical (unpaired) electrons. The number of nitrogens with one attached hydrogen (secondary N) is 1. The highest BCUT2D eigenvalue weighted by atomic mass is 16.4. The summed E-state index contributed by atoms with van der Waals surface area (Å²) in [7, 11) is 0. The van der Waals surface area contributed by atoms with Gasteiger partial charge >= 0.3 is 35.8 Å². The van der Waals surface area contributed by atoms with Crippen molar-refractivity contribution in [3.05, 3.63) is 0 Å². The first-order valence-corrected chi connectivity index (χ1v) is 10.1. The summed E-state index contributed by atoms with van der Waals surface area (Å²) in [6.45, 7) is -4.03. The van der Waals surface area contributed by atoms with E-state index in [1.54, 1.807) is 0 Å². The van der Waals surface area contributed by atoms with Crippen molar-refractivity contribution in [2.45, 2.75) is 0 Å². The highest BCUT2D eigenvalue weighted by Crippen LogP contribution is 2.10. The molecule has 7 N–H and O–H groups in total. The lowest BCUT2D eigenvalue weighted by atomic mass is 10.2. The van der Waals surface area contributed by atoms with E-state index in [1.807, 2.05) is 0 Å². The quantitative estimate of drug-likeness (QED) is 0.0603. The zero-order valence-corrected chi connectivity index (χ0v) is 18.5. The number of hydrogen-bond acceptors (Lipinski definition) is 9. The monoisotopic (exact) mass is 495 g/mol. The number of nitrogens with zero attached hydrogens (tertiary/aromatic N) is 3. The normalized spacial score (nSPS) is 11.5. The lowest BCUT2D eigenvalue weighted by molar-refractivity contribution is -0.913. The first-order chi connectivity index (χ1) is 15.7. The molecule has 0 atom stereocenters. The van der Waals surface area contributed by atoms with Gasteiger partial charge in [0.05, 0.1) is 39.3 Å². The van der Waals surface area contributed by atoms with Crippen molar-refractivity contribution < 1.29 is 63.9 Å². The van der Waals surface area contributed by atoms with E-state index < -0.39 is 73.0 Å². The minimum absolute atomic E-state index is 0.0700. The van der Waals surface area contributed by atoms with Crippen molar-refractivity contribution in [1.29, 1.82) is 0 Å². The average Bonchev–Trinajstić information content (AvgIpc) is 2.65. The number of aliphatic carboxylic acids is 6. The number of rotatable bonds is 21. The fourth-order valence-electron chi connectivity index (χ4n) is 3.26. The fourth-order valence-corrected chi connectivity index (χ4v) is 3.26. The van der Waals surface area contributed by atoms with Crippen LogP contribution in [-0.2, 0) is 28.8 Å². The summed E-state index contributed by atoms with van der Waals surface area (Å²) < 4.78 is -0.598. The SMILES string of the molecule is O=C(O)CNCCN(CC[N+](CCN(CC(=O)O)CC(=O)O)(CC(=O)O)CC(=O)O)CC(=O)O. The van der Waals surface area contributed by atoms with Gasteiger partial charge in [-0.3, -0.25) is 29.0 Å². The minimum Gasteiger partial charge on any atom is -0.480 e. The van der Waals surface area contributed by atoms with Crippen LogP contribution >= 0.6 is 0 Å². The largest absolute Gasteiger partial charge is 0.480 e. The van der Waals surface area contributed by atoms with Gasteiger partial charge in [0.1, 0.15) is 0 Å². The lowest BCUT2D eigenvalue weighted by Gasteiger charge is -2.38. The molecular formula is C18H31N4O12+. The Bertz CT molecular complexity index is 712. The molecule has 0 aliphatic heterocycles. The van der Waals surface area contributed by atoms with Gasteiger partial charge in [0.25, 0.3) is 0 Å². The predicted molar refractivity (Wildman–Crippen MR) is 111 cm³/mol. The Morgan fingerprint density at radius 2 is 0.971 bits per heavy atom. The lowest BCUT2D eigenvalue weighted by Crippen LogP contribution is -2.60. The van der Waals surface area contributed by atoms with Gasteiger partial charge in [-0.05, 0) is 0 Å². The third-order valence-corrected chi connectivity index (χ3v) is 4.68. The van der Waals surface area contributed by atoms with Crippen LogP contribution in [0, 0.1) is 0 Å². The molecule has 16 heteroatoms. The van der Waals surface area contributed by atoms with Crippen molar-refractivity contribution in [1.82, 2.24) is 15.1 Å². The molecule has 0 bridgehead atoms. The smallest absolute Gasteiger partial charge is 0.359 e. The minimum atomic E-state index is -1.35. The van der Waals surface area contributed by atoms with Crippen LogP contribution in [0.4, 0.5) is 0 Å². The predicted octanol–water partition coefficient (Wildman–Crippen LogP) is -3.50. The maximum Gasteiger partial charge on any atom is 0.359 e. The van der Waals surface area contributed by atoms with Crippen LogP contribution in [0.25, 0.3) is 0 Å². The van der Waals surface area contributed by atoms with Gasteiger partial charge in [0, 0.05) is 26.2 Å². The van der Waals surface area contributed by atoms with Crippen molar-refractivity contribution in [2.24, 2.45) is 0 Å². The molecule has 0 rings (SSSR count). The van der Waals surface area contributed by atoms with Crippen molar-refractivity contribution in [2.75, 3.05) is 78.5 Å². The summed E-state index contributed by atoms with van der Waals surface area (Å²) in [5.41, 5.74) is 0. The summed E-state index contributed by atoms with van der Waals surface area (Å²) in [6.07, 6.45) is 0. The van der Waals surface area contributed by atoms with E-state index in [4.69, 9.17) is 20.4 Å². The molecular weight excluding hydrogens is 464 g/mol. The average molecular weight is 495 g/mol. The third kappa shape index (κ3) is 15.5. The maximum atomic E-state index is 11.5. The second kappa shape index (κ2) is 15.5. The van der Waals surface area contributed by atoms with E-state index in [0.717, 1.165) is 4.90 Å². The van der Waals surface area contributed by atoms with Crippen LogP contribution in [0.1, 0.15) is 0 Å². The number of carboxylic acids is 6. The van der Waals surface area contributed by atoms with Crippen LogP contribution in [-0.4, -0.2) is 159 Å². The van der Waals surface area contributed by atoms with Crippen LogP contribution in [0.15, 0.2) is 0 Å². The molecule has 0 aromatic rings. The van der Waals surface area contributed by atoms with Gasteiger partial charge in [0.2, 0.25) is 0 Å². The number of carboxylic acid groups (broad SMARTS) is 6. The Morgan fingerprint density at radius 1 is 0.559 bits per heavy atom. The Labute approximate surface area is 194 Å². The van der Waals surface area contributed by atoms with Gasteiger partial charge in [-0.25, -0.2) is 9.59 Å². The molecule has 0 saturated carbocycles. The summed E-state index contributed by atoms with van der Waals surface area (Å²) >= 11 is 0. The van der Waals surface area contributed by atoms with E-state index in [2.05, 4.69) is 5.32 Å². The van der Waals surface area contributed by atoms with Gasteiger partial charge in [-0.1, -0.05) is 0 Å². The molecule has 0 aromatic heterocycles. The van der Waals surface area contributed by atoms with Crippen LogP contribution < -0.4 is 5.32 Å². The molecule has 0 spiro atoms. The Morgan fingerprint density at radius 3 is 1.35 bits per heavy atom. The summed E-state index contributed by atoms with van der Waals surface area (Å²) in [4.78, 5) is 69.2. The molecule has 0 unspecified atom stereocenters. The summed E-state index contributed by atoms with van der Waals surface area (Å²) in [5.74, 6) is -7.67. The molecule has 0 aromatic carbocycles. The second-order valence-electron chi connectivity index (χ2n) is 7.63. The number of carbonyl (C=O) groups is 6. The zero-order valence-electron chi connectivity index (χ0n) is 18.5.